The number of hydrogen-bond acceptors (Lipinski definition) is 7. The van der Waals surface area contributed by atoms with Crippen LogP contribution in [-0.4, -0.2) is 92.4 Å². The molecule has 9 heteroatoms. The summed E-state index contributed by atoms with van der Waals surface area (Å²) in [6.07, 6.45) is 6.71. The van der Waals surface area contributed by atoms with Crippen molar-refractivity contribution in [3.05, 3.63) is 12.2 Å². The average Bonchev–Trinajstić information content (AvgIpc) is 3.69. The lowest BCUT2D eigenvalue weighted by Gasteiger charge is -2.42. The van der Waals surface area contributed by atoms with Crippen molar-refractivity contribution in [1.82, 2.24) is 15.5 Å². The van der Waals surface area contributed by atoms with Crippen LogP contribution in [0.1, 0.15) is 60.3 Å². The minimum atomic E-state index is -0.667. The maximum Gasteiger partial charge on any atom is 0.408 e. The third-order valence-corrected chi connectivity index (χ3v) is 8.48. The average molecular weight is 522 g/mol. The number of likely N-dealkylation sites (tertiary alicyclic amines) is 1. The number of epoxide rings is 2. The van der Waals surface area contributed by atoms with E-state index < -0.39 is 23.8 Å². The zero-order chi connectivity index (χ0) is 26.8. The normalized spacial score (nSPS) is 36.3. The van der Waals surface area contributed by atoms with Crippen LogP contribution in [0.2, 0.25) is 0 Å². The Morgan fingerprint density at radius 3 is 2.49 bits per heavy atom. The molecule has 1 spiro atoms. The zero-order valence-electron chi connectivity index (χ0n) is 23.5. The molecule has 4 aliphatic rings. The number of carbonyl (C=O) groups is 2. The number of allylic oxidation sites excluding steroid dienone is 1. The third-order valence-electron chi connectivity index (χ3n) is 8.48. The summed E-state index contributed by atoms with van der Waals surface area (Å²) in [5.74, 6) is 0.121. The molecule has 2 unspecified atom stereocenters. The Kier molecular flexibility index (Phi) is 8.88. The molecule has 2 amide bonds. The largest absolute Gasteiger partial charge is 0.443 e. The summed E-state index contributed by atoms with van der Waals surface area (Å²) in [6.45, 7) is 14.5. The SMILES string of the molecule is CO[C@H]1C(C2(C)O[C@@H]2/C=C/C(C)C)[C@]2(CC[C@H]1OC(=O)N[C@@H](C(=O)NCCN1CCCC1)C(C)C)CO2. The molecule has 0 radical (unpaired) electrons. The van der Waals surface area contributed by atoms with Gasteiger partial charge in [0.1, 0.15) is 35.6 Å². The third kappa shape index (κ3) is 6.49. The zero-order valence-corrected chi connectivity index (χ0v) is 23.5. The number of carbonyl (C=O) groups excluding carboxylic acids is 2. The van der Waals surface area contributed by atoms with E-state index in [1.807, 2.05) is 13.8 Å². The molecular formula is C28H47N3O6. The Bertz CT molecular complexity index is 838. The fraction of sp³-hybridized carbons (Fsp3) is 0.857. The van der Waals surface area contributed by atoms with Crippen molar-refractivity contribution < 1.29 is 28.5 Å². The lowest BCUT2D eigenvalue weighted by Crippen LogP contribution is -2.57. The fourth-order valence-corrected chi connectivity index (χ4v) is 6.23. The van der Waals surface area contributed by atoms with Gasteiger partial charge in [-0.05, 0) is 57.5 Å². The second kappa shape index (κ2) is 11.6. The van der Waals surface area contributed by atoms with Gasteiger partial charge in [0.2, 0.25) is 5.91 Å². The van der Waals surface area contributed by atoms with E-state index in [4.69, 9.17) is 18.9 Å². The monoisotopic (exact) mass is 521 g/mol. The van der Waals surface area contributed by atoms with Gasteiger partial charge in [-0.25, -0.2) is 4.79 Å². The van der Waals surface area contributed by atoms with E-state index in [2.05, 4.69) is 48.5 Å². The maximum atomic E-state index is 13.0. The van der Waals surface area contributed by atoms with Crippen molar-refractivity contribution in [3.63, 3.8) is 0 Å². The number of nitrogens with one attached hydrogen (secondary N) is 2. The highest BCUT2D eigenvalue weighted by Gasteiger charge is 2.72. The molecule has 4 fully saturated rings. The van der Waals surface area contributed by atoms with E-state index in [9.17, 15) is 9.59 Å². The standard InChI is InChI=1S/C28H47N3O6/c1-18(2)9-10-21-27(5,37-21)24-23(34-6)20(11-12-28(24)17-35-28)36-26(33)30-22(19(3)4)25(32)29-13-16-31-14-7-8-15-31/h9-10,18-24H,7-8,11-17H2,1-6H3,(H,29,32)(H,30,33)/b10-9+/t20-,21-,22-,23-,24?,27?,28+/m1/s1. The molecule has 3 saturated heterocycles. The second-order valence-electron chi connectivity index (χ2n) is 12.1. The molecule has 210 valence electrons. The molecule has 7 atom stereocenters. The highest BCUT2D eigenvalue weighted by Crippen LogP contribution is 2.59. The number of methoxy groups -OCH3 is 1. The highest BCUT2D eigenvalue weighted by atomic mass is 16.6. The van der Waals surface area contributed by atoms with Gasteiger partial charge >= 0.3 is 6.09 Å². The van der Waals surface area contributed by atoms with E-state index in [-0.39, 0.29) is 35.6 Å². The van der Waals surface area contributed by atoms with Crippen LogP contribution in [0, 0.1) is 17.8 Å². The number of amides is 2. The first-order valence-electron chi connectivity index (χ1n) is 14.1. The van der Waals surface area contributed by atoms with Gasteiger partial charge in [0.25, 0.3) is 0 Å². The van der Waals surface area contributed by atoms with E-state index in [1.54, 1.807) is 7.11 Å². The molecule has 0 aromatic carbocycles. The summed E-state index contributed by atoms with van der Waals surface area (Å²) in [7, 11) is 1.66. The van der Waals surface area contributed by atoms with Crippen molar-refractivity contribution in [2.45, 2.75) is 95.9 Å². The molecule has 9 nitrogen and oxygen atoms in total. The van der Waals surface area contributed by atoms with Crippen LogP contribution in [0.4, 0.5) is 4.79 Å². The van der Waals surface area contributed by atoms with Gasteiger partial charge in [0, 0.05) is 20.2 Å². The van der Waals surface area contributed by atoms with Gasteiger partial charge in [-0.3, -0.25) is 4.79 Å². The molecule has 0 aromatic heterocycles. The Balaban J connectivity index is 1.35. The number of alkyl carbamates (subject to hydrolysis) is 1. The highest BCUT2D eigenvalue weighted by molar-refractivity contribution is 5.85. The van der Waals surface area contributed by atoms with E-state index in [0.29, 0.717) is 25.5 Å². The molecule has 1 aliphatic carbocycles. The lowest BCUT2D eigenvalue weighted by molar-refractivity contribution is -0.125. The maximum absolute atomic E-state index is 13.0. The van der Waals surface area contributed by atoms with Crippen LogP contribution in [0.5, 0.6) is 0 Å². The van der Waals surface area contributed by atoms with E-state index in [0.717, 1.165) is 26.1 Å². The summed E-state index contributed by atoms with van der Waals surface area (Å²) in [5, 5.41) is 5.80. The first-order chi connectivity index (χ1) is 17.6. The smallest absolute Gasteiger partial charge is 0.408 e. The van der Waals surface area contributed by atoms with Crippen molar-refractivity contribution >= 4 is 12.0 Å². The lowest BCUT2D eigenvalue weighted by atomic mass is 9.68. The fourth-order valence-electron chi connectivity index (χ4n) is 6.23. The van der Waals surface area contributed by atoms with Gasteiger partial charge in [-0.1, -0.05) is 39.8 Å². The number of hydrogen-bond donors (Lipinski definition) is 2. The molecule has 1 saturated carbocycles. The van der Waals surface area contributed by atoms with Crippen molar-refractivity contribution in [2.75, 3.05) is 39.9 Å². The van der Waals surface area contributed by atoms with Crippen molar-refractivity contribution in [3.8, 4) is 0 Å². The minimum Gasteiger partial charge on any atom is -0.443 e. The number of nitrogens with zero attached hydrogens (tertiary/aromatic N) is 1. The summed E-state index contributed by atoms with van der Waals surface area (Å²) in [6, 6.07) is -0.667. The first kappa shape index (κ1) is 28.3. The minimum absolute atomic E-state index is 0.0132. The van der Waals surface area contributed by atoms with Crippen molar-refractivity contribution in [2.24, 2.45) is 17.8 Å². The second-order valence-corrected chi connectivity index (χ2v) is 12.1. The predicted molar refractivity (Wildman–Crippen MR) is 140 cm³/mol. The Morgan fingerprint density at radius 2 is 1.89 bits per heavy atom. The molecule has 0 aromatic rings. The molecule has 3 aliphatic heterocycles. The summed E-state index contributed by atoms with van der Waals surface area (Å²) in [5.41, 5.74) is -0.724. The molecule has 2 N–H and O–H groups in total. The summed E-state index contributed by atoms with van der Waals surface area (Å²) >= 11 is 0. The van der Waals surface area contributed by atoms with Crippen molar-refractivity contribution in [1.29, 1.82) is 0 Å². The number of ether oxygens (including phenoxy) is 4. The van der Waals surface area contributed by atoms with Crippen LogP contribution >= 0.6 is 0 Å². The van der Waals surface area contributed by atoms with Gasteiger partial charge in [-0.2, -0.15) is 0 Å². The van der Waals surface area contributed by atoms with Crippen LogP contribution in [0.3, 0.4) is 0 Å². The summed E-state index contributed by atoms with van der Waals surface area (Å²) < 4.78 is 24.1. The molecule has 0 bridgehead atoms. The molecule has 4 rings (SSSR count). The molecule has 3 heterocycles. The van der Waals surface area contributed by atoms with Gasteiger partial charge in [0.05, 0.1) is 12.5 Å². The predicted octanol–water partition coefficient (Wildman–Crippen LogP) is 2.88. The van der Waals surface area contributed by atoms with E-state index >= 15 is 0 Å². The van der Waals surface area contributed by atoms with Crippen LogP contribution in [0.15, 0.2) is 12.2 Å². The van der Waals surface area contributed by atoms with Crippen LogP contribution < -0.4 is 10.6 Å². The molecule has 37 heavy (non-hydrogen) atoms. The van der Waals surface area contributed by atoms with E-state index in [1.165, 1.54) is 12.8 Å². The van der Waals surface area contributed by atoms with Crippen LogP contribution in [-0.2, 0) is 23.7 Å². The number of rotatable bonds is 11. The van der Waals surface area contributed by atoms with Gasteiger partial charge in [0.15, 0.2) is 0 Å². The van der Waals surface area contributed by atoms with Gasteiger partial charge in [-0.15, -0.1) is 0 Å². The Morgan fingerprint density at radius 1 is 1.19 bits per heavy atom. The van der Waals surface area contributed by atoms with Gasteiger partial charge < -0.3 is 34.5 Å². The Labute approximate surface area is 222 Å². The first-order valence-corrected chi connectivity index (χ1v) is 14.1. The topological polar surface area (TPSA) is 105 Å². The summed E-state index contributed by atoms with van der Waals surface area (Å²) in [4.78, 5) is 28.2. The van der Waals surface area contributed by atoms with Crippen LogP contribution in [0.25, 0.3) is 0 Å². The quantitative estimate of drug-likeness (QED) is 0.318. The molecular weight excluding hydrogens is 474 g/mol. The Hall–Kier alpha value is -1.68.